The third-order valence-electron chi connectivity index (χ3n) is 17.3. The van der Waals surface area contributed by atoms with Gasteiger partial charge in [0.1, 0.15) is 28.7 Å². The predicted molar refractivity (Wildman–Crippen MR) is 361 cm³/mol. The molecule has 0 spiro atoms. The highest BCUT2D eigenvalue weighted by Crippen LogP contribution is 2.35. The lowest BCUT2D eigenvalue weighted by Crippen LogP contribution is -2.44. The van der Waals surface area contributed by atoms with E-state index in [0.717, 1.165) is 11.1 Å². The van der Waals surface area contributed by atoms with Crippen LogP contribution >= 0.6 is 11.8 Å². The largest absolute Gasteiger partial charge is 0.493 e. The summed E-state index contributed by atoms with van der Waals surface area (Å²) in [6.07, 6.45) is 12.2. The fourth-order valence-electron chi connectivity index (χ4n) is 11.9. The molecule has 7 heterocycles. The second kappa shape index (κ2) is 31.9. The first-order valence-corrected chi connectivity index (χ1v) is 33.5. The zero-order chi connectivity index (χ0) is 69.1. The van der Waals surface area contributed by atoms with Crippen molar-refractivity contribution in [1.82, 2.24) is 38.4 Å². The number of ketones is 4. The Hall–Kier alpha value is -9.40. The minimum Gasteiger partial charge on any atom is -0.493 e. The number of carbonyl (C=O) groups excluding carboxylic acids is 11. The number of hydrogen-bond donors (Lipinski definition) is 3. The van der Waals surface area contributed by atoms with Crippen molar-refractivity contribution in [3.05, 3.63) is 125 Å². The molecule has 0 radical (unpaired) electrons. The van der Waals surface area contributed by atoms with Gasteiger partial charge in [0, 0.05) is 141 Å². The van der Waals surface area contributed by atoms with E-state index in [2.05, 4.69) is 32.5 Å². The normalized spacial score (nSPS) is 15.8. The molecule has 96 heavy (non-hydrogen) atoms. The molecule has 2 fully saturated rings. The number of Topliss-reactive ketones (excluding diaryl/α,β-unsaturated/α-hetero) is 4. The van der Waals surface area contributed by atoms with Gasteiger partial charge in [0.2, 0.25) is 29.4 Å². The Balaban J connectivity index is 0.675. The number of imide groups is 1. The number of nitrogens with zero attached hydrogens (tertiary/aromatic N) is 8. The number of hydrogen-bond acceptors (Lipinski definition) is 17. The number of amides is 6. The van der Waals surface area contributed by atoms with Gasteiger partial charge in [-0.2, -0.15) is 11.8 Å². The fraction of sp³-hybridized carbons (Fsp3) is 0.443. The molecule has 26 heteroatoms. The van der Waals surface area contributed by atoms with E-state index in [9.17, 15) is 52.7 Å². The third-order valence-corrected chi connectivity index (χ3v) is 18.3. The molecule has 3 aliphatic rings. The molecule has 6 amide bonds. The van der Waals surface area contributed by atoms with Gasteiger partial charge in [-0.25, -0.2) is 4.98 Å². The summed E-state index contributed by atoms with van der Waals surface area (Å²) in [7, 11) is 5.01. The van der Waals surface area contributed by atoms with Gasteiger partial charge in [-0.3, -0.25) is 67.2 Å². The minimum atomic E-state index is -0.854. The summed E-state index contributed by atoms with van der Waals surface area (Å²) in [5, 5.41) is 8.75. The molecule has 3 N–H and O–H groups in total. The number of nitrogens with one attached hydrogen (secondary N) is 3. The predicted octanol–water partition coefficient (Wildman–Crippen LogP) is 7.51. The summed E-state index contributed by atoms with van der Waals surface area (Å²) < 4.78 is 23.4. The van der Waals surface area contributed by atoms with E-state index < -0.39 is 23.8 Å². The van der Waals surface area contributed by atoms with E-state index in [-0.39, 0.29) is 177 Å². The van der Waals surface area contributed by atoms with E-state index in [0.29, 0.717) is 77.1 Å². The number of benzene rings is 2. The van der Waals surface area contributed by atoms with Crippen LogP contribution in [-0.4, -0.2) is 173 Å². The van der Waals surface area contributed by atoms with Crippen molar-refractivity contribution in [2.24, 2.45) is 38.0 Å². The number of aryl methyl sites for hydroxylation is 4. The summed E-state index contributed by atoms with van der Waals surface area (Å²) in [5.74, 6) is -2.93. The highest BCUT2D eigenvalue weighted by atomic mass is 32.2. The van der Waals surface area contributed by atoms with E-state index in [1.165, 1.54) is 25.8 Å². The molecule has 6 aromatic rings. The van der Waals surface area contributed by atoms with Gasteiger partial charge in [0.05, 0.1) is 66.2 Å². The molecule has 508 valence electrons. The number of rotatable bonds is 34. The van der Waals surface area contributed by atoms with Gasteiger partial charge in [-0.1, -0.05) is 32.1 Å². The number of imidazole rings is 1. The maximum absolute atomic E-state index is 14.1. The summed E-state index contributed by atoms with van der Waals surface area (Å²) in [6, 6.07) is 12.8. The highest BCUT2D eigenvalue weighted by molar-refractivity contribution is 8.00. The molecule has 4 atom stereocenters. The van der Waals surface area contributed by atoms with Crippen LogP contribution in [-0.2, 0) is 77.0 Å². The topological polar surface area (TPSA) is 303 Å². The summed E-state index contributed by atoms with van der Waals surface area (Å²) >= 11 is 1.33. The number of aliphatic imine (C=N–C) groups is 1. The van der Waals surface area contributed by atoms with Crippen molar-refractivity contribution < 1.29 is 67.0 Å². The number of carbonyl (C=O) groups is 11. The molecule has 2 aromatic carbocycles. The van der Waals surface area contributed by atoms with Crippen molar-refractivity contribution >= 4 is 111 Å². The molecule has 0 bridgehead atoms. The third kappa shape index (κ3) is 17.5. The summed E-state index contributed by atoms with van der Waals surface area (Å²) in [6.45, 7) is 13.0. The first-order valence-electron chi connectivity index (χ1n) is 32.2. The van der Waals surface area contributed by atoms with Crippen molar-refractivity contribution in [1.29, 1.82) is 0 Å². The molecule has 1 unspecified atom stereocenters. The molecule has 0 saturated carbocycles. The zero-order valence-electron chi connectivity index (χ0n) is 55.5. The maximum Gasteiger partial charge on any atom is 0.279 e. The van der Waals surface area contributed by atoms with E-state index >= 15 is 0 Å². The lowest BCUT2D eigenvalue weighted by Gasteiger charge is -2.22. The molecular formula is C70H83N11O14S. The summed E-state index contributed by atoms with van der Waals surface area (Å²) in [5.41, 5.74) is 5.49. The number of aromatic nitrogens is 5. The monoisotopic (exact) mass is 1330 g/mol. The number of likely N-dealkylation sites (tertiary alicyclic amines) is 1. The van der Waals surface area contributed by atoms with Crippen LogP contribution in [0.4, 0.5) is 17.2 Å². The van der Waals surface area contributed by atoms with Crippen LogP contribution in [0.2, 0.25) is 0 Å². The van der Waals surface area contributed by atoms with Crippen LogP contribution < -0.4 is 20.7 Å². The van der Waals surface area contributed by atoms with Crippen LogP contribution in [0.5, 0.6) is 5.75 Å². The molecular weight excluding hydrogens is 1250 g/mol. The fourth-order valence-corrected chi connectivity index (χ4v) is 12.6. The molecule has 3 aliphatic heterocycles. The van der Waals surface area contributed by atoms with Crippen LogP contribution in [0.25, 0.3) is 10.9 Å². The highest BCUT2D eigenvalue weighted by Gasteiger charge is 2.38. The second-order valence-corrected chi connectivity index (χ2v) is 26.1. The number of ether oxygens (including phenoxy) is 3. The Morgan fingerprint density at radius 2 is 1.51 bits per heavy atom. The minimum absolute atomic E-state index is 0.00437. The molecule has 4 aromatic heterocycles. The number of thioether (sulfide) groups is 1. The van der Waals surface area contributed by atoms with Crippen LogP contribution in [0.3, 0.4) is 0 Å². The van der Waals surface area contributed by atoms with Crippen molar-refractivity contribution in [3.63, 3.8) is 0 Å². The van der Waals surface area contributed by atoms with Gasteiger partial charge < -0.3 is 48.8 Å². The quantitative estimate of drug-likeness (QED) is 0.0152. The molecule has 0 aliphatic carbocycles. The lowest BCUT2D eigenvalue weighted by atomic mass is 9.88. The Labute approximate surface area is 560 Å². The standard InChI is InChI=1S/C70H83N11O14S/c1-41(2)52(33-51(83)18-23-94-25-24-93-21-10-12-50(82)17-20-80-64(87)35-61(96-9)70(80)92)66(88)72-44(5)58(84)30-45-14-15-55-47(28-45)16-19-79(55)69(91)57-32-48(39-77(57)7)73-67(89)56-29-46(38-76(56)6)31-59(85)65-75-62(40-78(65)8)74-63(86)13-11-22-95-60-34-54-53(27-43(60)4)68(90)81-37-42(3)26-49(81)36-71-54/h14-16,19,27-29,32,34,36,38-41,44,49,52,61H,3,10-13,17-18,20-26,30-31,33,35,37H2,1-2,4-9H3,(H,72,88)(H,73,89)(H,74,86)/t44-,49-,52-,61?/m0/s1. The van der Waals surface area contributed by atoms with Gasteiger partial charge >= 0.3 is 0 Å². The van der Waals surface area contributed by atoms with Crippen LogP contribution in [0, 0.1) is 18.8 Å². The number of fused-ring (bicyclic) bond motifs is 3. The van der Waals surface area contributed by atoms with Gasteiger partial charge in [0.25, 0.3) is 17.7 Å². The lowest BCUT2D eigenvalue weighted by molar-refractivity contribution is -0.138. The van der Waals surface area contributed by atoms with E-state index in [1.807, 2.05) is 26.8 Å². The Bertz CT molecular complexity index is 4060. The van der Waals surface area contributed by atoms with Gasteiger partial charge in [-0.15, -0.1) is 0 Å². The number of anilines is 2. The van der Waals surface area contributed by atoms with E-state index in [1.54, 1.807) is 122 Å². The molecule has 9 rings (SSSR count). The van der Waals surface area contributed by atoms with Gasteiger partial charge in [0.15, 0.2) is 17.4 Å². The Morgan fingerprint density at radius 3 is 2.26 bits per heavy atom. The van der Waals surface area contributed by atoms with Crippen LogP contribution in [0.1, 0.15) is 137 Å². The van der Waals surface area contributed by atoms with E-state index in [4.69, 9.17) is 14.2 Å². The van der Waals surface area contributed by atoms with Crippen molar-refractivity contribution in [2.75, 3.05) is 63.0 Å². The molecule has 25 nitrogen and oxygen atoms in total. The first-order chi connectivity index (χ1) is 45.8. The first kappa shape index (κ1) is 70.9. The zero-order valence-corrected chi connectivity index (χ0v) is 56.3. The summed E-state index contributed by atoms with van der Waals surface area (Å²) in [4.78, 5) is 156. The smallest absolute Gasteiger partial charge is 0.279 e. The maximum atomic E-state index is 14.1. The average Bonchev–Trinajstić information content (AvgIpc) is 1.63. The average molecular weight is 1330 g/mol. The van der Waals surface area contributed by atoms with Crippen LogP contribution in [0.15, 0.2) is 90.5 Å². The Morgan fingerprint density at radius 1 is 0.760 bits per heavy atom. The van der Waals surface area contributed by atoms with Crippen molar-refractivity contribution in [2.45, 2.75) is 116 Å². The SMILES string of the molecule is C=C1C[C@H]2C=Nc3cc(OCCCC(=O)Nc4cn(C)c(C(=O)Cc5cc(C(=O)Nc6cc(C(=O)n7ccc8cc(CC(=O)[C@H](C)NC(=O)[C@@H](CC(=O)CCOCCOCCCC(=O)CCN9C(=O)CC(SC)C9=O)C(C)C)ccc87)n(C)c6)n(C)c5)n4)c(C)cc3C(=O)N2C1. The molecule has 2 saturated heterocycles. The van der Waals surface area contributed by atoms with Gasteiger partial charge in [-0.05, 0) is 98.4 Å². The second-order valence-electron chi connectivity index (χ2n) is 25.1. The van der Waals surface area contributed by atoms with Crippen molar-refractivity contribution in [3.8, 4) is 5.75 Å². The Kier molecular flexibility index (Phi) is 23.6.